The van der Waals surface area contributed by atoms with E-state index in [9.17, 15) is 0 Å². The van der Waals surface area contributed by atoms with Gasteiger partial charge in [0.2, 0.25) is 0 Å². The summed E-state index contributed by atoms with van der Waals surface area (Å²) in [6.07, 6.45) is 4.13. The third-order valence-electron chi connectivity index (χ3n) is 2.77. The van der Waals surface area contributed by atoms with Gasteiger partial charge in [0.05, 0.1) is 6.61 Å². The molecule has 1 unspecified atom stereocenters. The monoisotopic (exact) mass is 297 g/mol. The summed E-state index contributed by atoms with van der Waals surface area (Å²) in [7, 11) is 0. The minimum atomic E-state index is -0.187. The van der Waals surface area contributed by atoms with Crippen LogP contribution in [0.5, 0.6) is 0 Å². The largest absolute Gasteiger partial charge is 0.496 e. The molecule has 5 heteroatoms. The van der Waals surface area contributed by atoms with Crippen molar-refractivity contribution in [1.82, 2.24) is 5.43 Å². The second kappa shape index (κ2) is 5.53. The molecular weight excluding hydrogens is 282 g/mol. The summed E-state index contributed by atoms with van der Waals surface area (Å²) < 4.78 is 6.60. The highest BCUT2D eigenvalue weighted by molar-refractivity contribution is 9.10. The smallest absolute Gasteiger partial charge is 0.115 e. The molecule has 0 saturated heterocycles. The van der Waals surface area contributed by atoms with E-state index in [1.165, 1.54) is 0 Å². The zero-order valence-corrected chi connectivity index (χ0v) is 11.0. The van der Waals surface area contributed by atoms with Crippen LogP contribution in [0.1, 0.15) is 24.4 Å². The van der Waals surface area contributed by atoms with Crippen molar-refractivity contribution >= 4 is 21.6 Å². The van der Waals surface area contributed by atoms with Crippen molar-refractivity contribution in [3.63, 3.8) is 0 Å². The molecular formula is C12H16BrN3O. The first-order valence-electron chi connectivity index (χ1n) is 5.56. The molecule has 1 aromatic carbocycles. The van der Waals surface area contributed by atoms with Crippen molar-refractivity contribution in [2.75, 3.05) is 12.3 Å². The number of nitrogens with two attached hydrogens (primary N) is 2. The van der Waals surface area contributed by atoms with Crippen LogP contribution in [0.2, 0.25) is 0 Å². The van der Waals surface area contributed by atoms with Crippen LogP contribution >= 0.6 is 15.9 Å². The molecule has 17 heavy (non-hydrogen) atoms. The molecule has 1 aliphatic heterocycles. The summed E-state index contributed by atoms with van der Waals surface area (Å²) >= 11 is 3.43. The fraction of sp³-hybridized carbons (Fsp3) is 0.333. The Hall–Kier alpha value is -1.04. The van der Waals surface area contributed by atoms with Crippen molar-refractivity contribution in [1.29, 1.82) is 0 Å². The Labute approximate surface area is 109 Å². The molecule has 0 fully saturated rings. The number of hydrazine groups is 1. The van der Waals surface area contributed by atoms with Gasteiger partial charge in [-0.15, -0.1) is 0 Å². The first kappa shape index (κ1) is 12.4. The molecule has 2 rings (SSSR count). The van der Waals surface area contributed by atoms with E-state index in [2.05, 4.69) is 27.4 Å². The molecule has 1 aromatic rings. The molecule has 1 atom stereocenters. The number of hydrogen-bond donors (Lipinski definition) is 3. The maximum Gasteiger partial charge on any atom is 0.115 e. The van der Waals surface area contributed by atoms with E-state index in [0.29, 0.717) is 5.69 Å². The van der Waals surface area contributed by atoms with E-state index in [-0.39, 0.29) is 6.04 Å². The number of nitrogens with one attached hydrogen (secondary N) is 1. The predicted molar refractivity (Wildman–Crippen MR) is 71.9 cm³/mol. The van der Waals surface area contributed by atoms with Crippen LogP contribution in [0.25, 0.3) is 0 Å². The number of nitrogen functional groups attached to an aromatic ring is 1. The first-order valence-corrected chi connectivity index (χ1v) is 6.35. The first-order chi connectivity index (χ1) is 8.22. The normalized spacial score (nSPS) is 17.2. The third-order valence-corrected chi connectivity index (χ3v) is 3.27. The molecule has 1 heterocycles. The topological polar surface area (TPSA) is 73.3 Å². The maximum absolute atomic E-state index is 5.97. The highest BCUT2D eigenvalue weighted by Gasteiger charge is 2.20. The number of anilines is 1. The van der Waals surface area contributed by atoms with Gasteiger partial charge in [0, 0.05) is 15.7 Å². The lowest BCUT2D eigenvalue weighted by Gasteiger charge is -2.24. The number of hydrogen-bond acceptors (Lipinski definition) is 4. The molecule has 0 radical (unpaired) electrons. The van der Waals surface area contributed by atoms with Gasteiger partial charge in [-0.3, -0.25) is 5.84 Å². The van der Waals surface area contributed by atoms with Crippen LogP contribution < -0.4 is 17.0 Å². The number of rotatable bonds is 3. The minimum Gasteiger partial charge on any atom is -0.496 e. The molecule has 0 saturated carbocycles. The highest BCUT2D eigenvalue weighted by Crippen LogP contribution is 2.31. The van der Waals surface area contributed by atoms with Crippen LogP contribution in [0.15, 0.2) is 34.5 Å². The summed E-state index contributed by atoms with van der Waals surface area (Å²) in [5.74, 6) is 6.46. The second-order valence-corrected chi connectivity index (χ2v) is 4.89. The van der Waals surface area contributed by atoms with Crippen molar-refractivity contribution < 1.29 is 4.74 Å². The Balaban J connectivity index is 2.34. The average molecular weight is 298 g/mol. The molecule has 0 bridgehead atoms. The molecule has 4 nitrogen and oxygen atoms in total. The molecule has 0 spiro atoms. The van der Waals surface area contributed by atoms with E-state index in [4.69, 9.17) is 16.3 Å². The summed E-state index contributed by atoms with van der Waals surface area (Å²) in [6, 6.07) is 5.53. The van der Waals surface area contributed by atoms with Crippen molar-refractivity contribution in [3.05, 3.63) is 40.1 Å². The van der Waals surface area contributed by atoms with Gasteiger partial charge >= 0.3 is 0 Å². The number of allylic oxidation sites excluding steroid dienone is 1. The summed E-state index contributed by atoms with van der Waals surface area (Å²) in [4.78, 5) is 0. The van der Waals surface area contributed by atoms with Gasteiger partial charge in [-0.05, 0) is 37.1 Å². The Morgan fingerprint density at radius 2 is 2.24 bits per heavy atom. The summed E-state index contributed by atoms with van der Waals surface area (Å²) in [6.45, 7) is 0.734. The standard InChI is InChI=1S/C12H16BrN3O/c13-8-4-5-10(14)9(7-8)12(16-15)11-3-1-2-6-17-11/h3-5,7,12,16H,1-2,6,14-15H2. The Bertz CT molecular complexity index is 434. The molecule has 0 aliphatic carbocycles. The average Bonchev–Trinajstić information content (AvgIpc) is 2.36. The van der Waals surface area contributed by atoms with Crippen LogP contribution in [0.3, 0.4) is 0 Å². The molecule has 0 amide bonds. The number of halogens is 1. The number of benzene rings is 1. The van der Waals surface area contributed by atoms with E-state index in [1.54, 1.807) is 0 Å². The molecule has 92 valence electrons. The SMILES string of the molecule is NNC(C1=CCCCO1)c1cc(Br)ccc1N. The highest BCUT2D eigenvalue weighted by atomic mass is 79.9. The van der Waals surface area contributed by atoms with E-state index < -0.39 is 0 Å². The maximum atomic E-state index is 5.97. The van der Waals surface area contributed by atoms with Gasteiger partial charge < -0.3 is 10.5 Å². The van der Waals surface area contributed by atoms with E-state index >= 15 is 0 Å². The van der Waals surface area contributed by atoms with Gasteiger partial charge in [-0.1, -0.05) is 15.9 Å². The van der Waals surface area contributed by atoms with E-state index in [0.717, 1.165) is 35.2 Å². The van der Waals surface area contributed by atoms with Crippen LogP contribution in [0, 0.1) is 0 Å². The van der Waals surface area contributed by atoms with E-state index in [1.807, 2.05) is 18.2 Å². The fourth-order valence-electron chi connectivity index (χ4n) is 1.90. The number of ether oxygens (including phenoxy) is 1. The fourth-order valence-corrected chi connectivity index (χ4v) is 2.28. The van der Waals surface area contributed by atoms with Crippen molar-refractivity contribution in [2.45, 2.75) is 18.9 Å². The van der Waals surface area contributed by atoms with Crippen LogP contribution in [0.4, 0.5) is 5.69 Å². The van der Waals surface area contributed by atoms with Gasteiger partial charge in [0.1, 0.15) is 11.8 Å². The Morgan fingerprint density at radius 1 is 1.41 bits per heavy atom. The molecule has 5 N–H and O–H groups in total. The van der Waals surface area contributed by atoms with Crippen molar-refractivity contribution in [2.24, 2.45) is 5.84 Å². The Kier molecular flexibility index (Phi) is 4.04. The molecule has 0 aromatic heterocycles. The molecule has 1 aliphatic rings. The minimum absolute atomic E-state index is 0.187. The third kappa shape index (κ3) is 2.80. The van der Waals surface area contributed by atoms with Crippen LogP contribution in [-0.2, 0) is 4.74 Å². The Morgan fingerprint density at radius 3 is 2.88 bits per heavy atom. The lowest BCUT2D eigenvalue weighted by Crippen LogP contribution is -2.31. The van der Waals surface area contributed by atoms with Crippen LogP contribution in [-0.4, -0.2) is 6.61 Å². The second-order valence-electron chi connectivity index (χ2n) is 3.97. The summed E-state index contributed by atoms with van der Waals surface area (Å²) in [5.41, 5.74) is 10.4. The van der Waals surface area contributed by atoms with Gasteiger partial charge in [0.25, 0.3) is 0 Å². The quantitative estimate of drug-likeness (QED) is 0.454. The predicted octanol–water partition coefficient (Wildman–Crippen LogP) is 2.23. The zero-order valence-electron chi connectivity index (χ0n) is 9.45. The van der Waals surface area contributed by atoms with Gasteiger partial charge in [0.15, 0.2) is 0 Å². The lowest BCUT2D eigenvalue weighted by atomic mass is 10.0. The zero-order chi connectivity index (χ0) is 12.3. The van der Waals surface area contributed by atoms with Gasteiger partial charge in [-0.25, -0.2) is 5.43 Å². The lowest BCUT2D eigenvalue weighted by molar-refractivity contribution is 0.168. The summed E-state index contributed by atoms with van der Waals surface area (Å²) in [5, 5.41) is 0. The van der Waals surface area contributed by atoms with Gasteiger partial charge in [-0.2, -0.15) is 0 Å². The van der Waals surface area contributed by atoms with Crippen molar-refractivity contribution in [3.8, 4) is 0 Å².